The number of carboxylic acid groups (broad SMARTS) is 1. The van der Waals surface area contributed by atoms with Crippen molar-refractivity contribution in [3.8, 4) is 0 Å². The summed E-state index contributed by atoms with van der Waals surface area (Å²) >= 11 is 1.05. The van der Waals surface area contributed by atoms with Gasteiger partial charge in [-0.1, -0.05) is 0 Å². The lowest BCUT2D eigenvalue weighted by Gasteiger charge is -2.28. The maximum atomic E-state index is 12.0. The van der Waals surface area contributed by atoms with Crippen molar-refractivity contribution in [3.05, 3.63) is 15.6 Å². The van der Waals surface area contributed by atoms with E-state index in [2.05, 4.69) is 10.3 Å². The summed E-state index contributed by atoms with van der Waals surface area (Å²) in [7, 11) is 0. The molecule has 3 N–H and O–H groups in total. The SMILES string of the molecule is CCN(CC(C)(C)O)C(=O)NCc1nc(C)c(C(=O)O)s1. The second-order valence-corrected chi connectivity index (χ2v) is 6.40. The zero-order chi connectivity index (χ0) is 16.2. The predicted octanol–water partition coefficient (Wildman–Crippen LogP) is 1.45. The summed E-state index contributed by atoms with van der Waals surface area (Å²) < 4.78 is 0. The molecule has 0 spiro atoms. The van der Waals surface area contributed by atoms with Gasteiger partial charge in [-0.25, -0.2) is 14.6 Å². The van der Waals surface area contributed by atoms with E-state index < -0.39 is 11.6 Å². The number of aromatic carboxylic acids is 1. The van der Waals surface area contributed by atoms with Crippen LogP contribution in [0.1, 0.15) is 41.1 Å². The Morgan fingerprint density at radius 3 is 2.48 bits per heavy atom. The summed E-state index contributed by atoms with van der Waals surface area (Å²) in [6.45, 7) is 7.55. The number of carboxylic acids is 1. The van der Waals surface area contributed by atoms with E-state index in [-0.39, 0.29) is 24.0 Å². The molecule has 0 aliphatic rings. The van der Waals surface area contributed by atoms with Gasteiger partial charge in [0.1, 0.15) is 9.88 Å². The van der Waals surface area contributed by atoms with Crippen LogP contribution in [0.5, 0.6) is 0 Å². The fourth-order valence-electron chi connectivity index (χ4n) is 1.78. The Morgan fingerprint density at radius 1 is 1.43 bits per heavy atom. The van der Waals surface area contributed by atoms with Gasteiger partial charge in [0.15, 0.2) is 0 Å². The van der Waals surface area contributed by atoms with E-state index in [0.717, 1.165) is 11.3 Å². The van der Waals surface area contributed by atoms with Crippen molar-refractivity contribution in [3.63, 3.8) is 0 Å². The first-order valence-electron chi connectivity index (χ1n) is 6.58. The van der Waals surface area contributed by atoms with Gasteiger partial charge >= 0.3 is 12.0 Å². The molecule has 0 aromatic carbocycles. The highest BCUT2D eigenvalue weighted by molar-refractivity contribution is 7.13. The van der Waals surface area contributed by atoms with Crippen LogP contribution >= 0.6 is 11.3 Å². The Kier molecular flexibility index (Phi) is 5.68. The largest absolute Gasteiger partial charge is 0.477 e. The Balaban J connectivity index is 2.63. The molecule has 1 heterocycles. The number of nitrogens with one attached hydrogen (secondary N) is 1. The molecule has 0 aliphatic carbocycles. The van der Waals surface area contributed by atoms with E-state index in [1.54, 1.807) is 20.8 Å². The van der Waals surface area contributed by atoms with Gasteiger partial charge in [0.25, 0.3) is 0 Å². The number of carbonyl (C=O) groups excluding carboxylic acids is 1. The van der Waals surface area contributed by atoms with Gasteiger partial charge in [-0.15, -0.1) is 11.3 Å². The fourth-order valence-corrected chi connectivity index (χ4v) is 2.63. The third-order valence-corrected chi connectivity index (χ3v) is 3.82. The highest BCUT2D eigenvalue weighted by atomic mass is 32.1. The Labute approximate surface area is 127 Å². The quantitative estimate of drug-likeness (QED) is 0.737. The number of hydrogen-bond donors (Lipinski definition) is 3. The third-order valence-electron chi connectivity index (χ3n) is 2.67. The number of hydrogen-bond acceptors (Lipinski definition) is 5. The van der Waals surface area contributed by atoms with Gasteiger partial charge in [0.05, 0.1) is 24.4 Å². The van der Waals surface area contributed by atoms with Crippen LogP contribution in [0.3, 0.4) is 0 Å². The first kappa shape index (κ1) is 17.4. The van der Waals surface area contributed by atoms with Crippen LogP contribution in [-0.2, 0) is 6.54 Å². The molecular weight excluding hydrogens is 294 g/mol. The van der Waals surface area contributed by atoms with E-state index in [9.17, 15) is 14.7 Å². The number of nitrogens with zero attached hydrogens (tertiary/aromatic N) is 2. The molecule has 0 aliphatic heterocycles. The number of urea groups is 1. The molecule has 1 rings (SSSR count). The molecular formula is C13H21N3O4S. The van der Waals surface area contributed by atoms with Crippen molar-refractivity contribution in [1.82, 2.24) is 15.2 Å². The Hall–Kier alpha value is -1.67. The van der Waals surface area contributed by atoms with Crippen LogP contribution in [-0.4, -0.2) is 50.8 Å². The topological polar surface area (TPSA) is 103 Å². The molecule has 2 amide bonds. The first-order chi connectivity index (χ1) is 9.64. The van der Waals surface area contributed by atoms with Crippen LogP contribution in [0.25, 0.3) is 0 Å². The number of amides is 2. The number of aromatic nitrogens is 1. The lowest BCUT2D eigenvalue weighted by Crippen LogP contribution is -2.46. The highest BCUT2D eigenvalue weighted by Gasteiger charge is 2.21. The average Bonchev–Trinajstić information content (AvgIpc) is 2.73. The van der Waals surface area contributed by atoms with E-state index in [1.165, 1.54) is 4.90 Å². The minimum absolute atomic E-state index is 0.167. The van der Waals surface area contributed by atoms with Crippen LogP contribution < -0.4 is 5.32 Å². The third kappa shape index (κ3) is 5.31. The first-order valence-corrected chi connectivity index (χ1v) is 7.40. The van der Waals surface area contributed by atoms with Crippen LogP contribution in [0.2, 0.25) is 0 Å². The van der Waals surface area contributed by atoms with Crippen LogP contribution in [0, 0.1) is 6.92 Å². The van der Waals surface area contributed by atoms with E-state index in [4.69, 9.17) is 5.11 Å². The molecule has 1 aromatic heterocycles. The van der Waals surface area contributed by atoms with Gasteiger partial charge < -0.3 is 20.4 Å². The second-order valence-electron chi connectivity index (χ2n) is 5.31. The molecule has 1 aromatic rings. The van der Waals surface area contributed by atoms with Crippen molar-refractivity contribution in [2.75, 3.05) is 13.1 Å². The molecule has 0 saturated heterocycles. The van der Waals surface area contributed by atoms with Crippen molar-refractivity contribution >= 4 is 23.3 Å². The molecule has 0 radical (unpaired) electrons. The van der Waals surface area contributed by atoms with Crippen LogP contribution in [0.4, 0.5) is 4.79 Å². The van der Waals surface area contributed by atoms with Crippen LogP contribution in [0.15, 0.2) is 0 Å². The number of likely N-dealkylation sites (N-methyl/N-ethyl adjacent to an activating group) is 1. The molecule has 0 fully saturated rings. The van der Waals surface area contributed by atoms with Gasteiger partial charge in [-0.05, 0) is 27.7 Å². The monoisotopic (exact) mass is 315 g/mol. The predicted molar refractivity (Wildman–Crippen MR) is 79.6 cm³/mol. The number of carbonyl (C=O) groups is 2. The molecule has 0 saturated carbocycles. The summed E-state index contributed by atoms with van der Waals surface area (Å²) in [5.74, 6) is -1.01. The molecule has 0 atom stereocenters. The molecule has 7 nitrogen and oxygen atoms in total. The standard InChI is InChI=1S/C13H21N3O4S/c1-5-16(7-13(3,4)20)12(19)14-6-9-15-8(2)10(21-9)11(17)18/h20H,5-7H2,1-4H3,(H,14,19)(H,17,18). The smallest absolute Gasteiger partial charge is 0.347 e. The van der Waals surface area contributed by atoms with Gasteiger partial charge in [0.2, 0.25) is 0 Å². The Morgan fingerprint density at radius 2 is 2.05 bits per heavy atom. The number of rotatable bonds is 6. The molecule has 21 heavy (non-hydrogen) atoms. The van der Waals surface area contributed by atoms with Gasteiger partial charge in [0, 0.05) is 6.54 Å². The maximum Gasteiger partial charge on any atom is 0.347 e. The Bertz CT molecular complexity index is 522. The van der Waals surface area contributed by atoms with E-state index >= 15 is 0 Å². The molecule has 0 bridgehead atoms. The summed E-state index contributed by atoms with van der Waals surface area (Å²) in [5, 5.41) is 21.9. The zero-order valence-corrected chi connectivity index (χ0v) is 13.5. The van der Waals surface area contributed by atoms with Gasteiger partial charge in [-0.2, -0.15) is 0 Å². The minimum Gasteiger partial charge on any atom is -0.477 e. The van der Waals surface area contributed by atoms with Crippen molar-refractivity contribution < 1.29 is 19.8 Å². The number of thiazole rings is 1. The number of aryl methyl sites for hydroxylation is 1. The molecule has 0 unspecified atom stereocenters. The lowest BCUT2D eigenvalue weighted by atomic mass is 10.1. The van der Waals surface area contributed by atoms with Crippen molar-refractivity contribution in [2.24, 2.45) is 0 Å². The van der Waals surface area contributed by atoms with Crippen molar-refractivity contribution in [2.45, 2.75) is 39.8 Å². The summed E-state index contributed by atoms with van der Waals surface area (Å²) in [6.07, 6.45) is 0. The fraction of sp³-hybridized carbons (Fsp3) is 0.615. The normalized spacial score (nSPS) is 11.3. The number of aliphatic hydroxyl groups is 1. The summed E-state index contributed by atoms with van der Waals surface area (Å²) in [5.41, 5.74) is -0.526. The maximum absolute atomic E-state index is 12.0. The van der Waals surface area contributed by atoms with E-state index in [0.29, 0.717) is 17.2 Å². The second kappa shape index (κ2) is 6.86. The molecule has 118 valence electrons. The lowest BCUT2D eigenvalue weighted by molar-refractivity contribution is 0.0479. The van der Waals surface area contributed by atoms with E-state index in [1.807, 2.05) is 6.92 Å². The van der Waals surface area contributed by atoms with Gasteiger partial charge in [-0.3, -0.25) is 0 Å². The van der Waals surface area contributed by atoms with Crippen molar-refractivity contribution in [1.29, 1.82) is 0 Å². The molecule has 8 heteroatoms. The minimum atomic E-state index is -1.01. The summed E-state index contributed by atoms with van der Waals surface area (Å²) in [6, 6.07) is -0.315. The zero-order valence-electron chi connectivity index (χ0n) is 12.6. The highest BCUT2D eigenvalue weighted by Crippen LogP contribution is 2.17. The average molecular weight is 315 g/mol. The summed E-state index contributed by atoms with van der Waals surface area (Å²) in [4.78, 5) is 28.7.